The van der Waals surface area contributed by atoms with Gasteiger partial charge in [0, 0.05) is 31.4 Å². The van der Waals surface area contributed by atoms with Crippen molar-refractivity contribution in [2.75, 3.05) is 25.9 Å². The van der Waals surface area contributed by atoms with Gasteiger partial charge in [-0.15, -0.1) is 12.4 Å². The van der Waals surface area contributed by atoms with Crippen molar-refractivity contribution in [3.8, 4) is 0 Å². The number of nitrogens with zero attached hydrogens (tertiary/aromatic N) is 1. The van der Waals surface area contributed by atoms with Gasteiger partial charge in [-0.2, -0.15) is 0 Å². The molecule has 0 aromatic heterocycles. The van der Waals surface area contributed by atoms with Gasteiger partial charge in [0.2, 0.25) is 5.91 Å². The number of piperidine rings is 1. The number of aryl methyl sites for hydroxylation is 1. The standard InChI is InChI=1S/C15H21N3O2.ClH/c1-10-5-6-12(16)8-13(10)15(20)18-7-3-4-11(9-18)14(19)17-2;/h5-6,8,11H,3-4,7,9,16H2,1-2H3,(H,17,19);1H. The predicted molar refractivity (Wildman–Crippen MR) is 85.5 cm³/mol. The molecule has 1 unspecified atom stereocenters. The lowest BCUT2D eigenvalue weighted by Gasteiger charge is -2.32. The van der Waals surface area contributed by atoms with Crippen molar-refractivity contribution >= 4 is 29.9 Å². The lowest BCUT2D eigenvalue weighted by molar-refractivity contribution is -0.125. The van der Waals surface area contributed by atoms with Crippen molar-refractivity contribution in [1.82, 2.24) is 10.2 Å². The van der Waals surface area contributed by atoms with Crippen LogP contribution in [-0.2, 0) is 4.79 Å². The Balaban J connectivity index is 0.00000220. The van der Waals surface area contributed by atoms with E-state index in [1.165, 1.54) is 0 Å². The van der Waals surface area contributed by atoms with Crippen LogP contribution < -0.4 is 11.1 Å². The molecular formula is C15H22ClN3O2. The van der Waals surface area contributed by atoms with Crippen LogP contribution in [0.4, 0.5) is 5.69 Å². The lowest BCUT2D eigenvalue weighted by atomic mass is 9.96. The second-order valence-corrected chi connectivity index (χ2v) is 5.28. The van der Waals surface area contributed by atoms with E-state index in [2.05, 4.69) is 5.32 Å². The number of nitrogen functional groups attached to an aromatic ring is 1. The molecule has 116 valence electrons. The SMILES string of the molecule is CNC(=O)C1CCCN(C(=O)c2cc(N)ccc2C)C1.Cl. The highest BCUT2D eigenvalue weighted by Gasteiger charge is 2.28. The minimum absolute atomic E-state index is 0. The van der Waals surface area contributed by atoms with Gasteiger partial charge >= 0.3 is 0 Å². The molecule has 0 bridgehead atoms. The second kappa shape index (κ2) is 7.31. The predicted octanol–water partition coefficient (Wildman–Crippen LogP) is 1.60. The maximum absolute atomic E-state index is 12.6. The molecule has 1 aliphatic rings. The Bertz CT molecular complexity index is 534. The third-order valence-corrected chi connectivity index (χ3v) is 3.82. The van der Waals surface area contributed by atoms with E-state index in [0.29, 0.717) is 24.3 Å². The van der Waals surface area contributed by atoms with E-state index in [1.54, 1.807) is 24.1 Å². The molecule has 1 fully saturated rings. The highest BCUT2D eigenvalue weighted by molar-refractivity contribution is 5.97. The number of rotatable bonds is 2. The summed E-state index contributed by atoms with van der Waals surface area (Å²) in [6, 6.07) is 5.35. The molecule has 5 nitrogen and oxygen atoms in total. The summed E-state index contributed by atoms with van der Waals surface area (Å²) in [5.41, 5.74) is 7.88. The van der Waals surface area contributed by atoms with Gasteiger partial charge in [0.25, 0.3) is 5.91 Å². The summed E-state index contributed by atoms with van der Waals surface area (Å²) in [5, 5.41) is 2.66. The largest absolute Gasteiger partial charge is 0.399 e. The number of anilines is 1. The number of likely N-dealkylation sites (tertiary alicyclic amines) is 1. The van der Waals surface area contributed by atoms with E-state index < -0.39 is 0 Å². The van der Waals surface area contributed by atoms with Crippen LogP contribution in [0.25, 0.3) is 0 Å². The fraction of sp³-hybridized carbons (Fsp3) is 0.467. The first-order valence-electron chi connectivity index (χ1n) is 6.90. The maximum atomic E-state index is 12.6. The molecule has 6 heteroatoms. The first-order valence-corrected chi connectivity index (χ1v) is 6.90. The third kappa shape index (κ3) is 3.88. The smallest absolute Gasteiger partial charge is 0.254 e. The van der Waals surface area contributed by atoms with E-state index in [4.69, 9.17) is 5.73 Å². The Morgan fingerprint density at radius 2 is 2.10 bits per heavy atom. The van der Waals surface area contributed by atoms with Crippen molar-refractivity contribution in [3.63, 3.8) is 0 Å². The van der Waals surface area contributed by atoms with Gasteiger partial charge in [-0.1, -0.05) is 6.07 Å². The van der Waals surface area contributed by atoms with Crippen molar-refractivity contribution in [2.24, 2.45) is 5.92 Å². The number of hydrogen-bond donors (Lipinski definition) is 2. The van der Waals surface area contributed by atoms with Gasteiger partial charge in [-0.3, -0.25) is 9.59 Å². The number of amides is 2. The molecule has 1 aromatic carbocycles. The fourth-order valence-electron chi connectivity index (χ4n) is 2.62. The first kappa shape index (κ1) is 17.3. The highest BCUT2D eigenvalue weighted by Crippen LogP contribution is 2.21. The summed E-state index contributed by atoms with van der Waals surface area (Å²) < 4.78 is 0. The van der Waals surface area contributed by atoms with E-state index >= 15 is 0 Å². The average molecular weight is 312 g/mol. The number of nitrogens with two attached hydrogens (primary N) is 1. The van der Waals surface area contributed by atoms with Crippen molar-refractivity contribution in [2.45, 2.75) is 19.8 Å². The lowest BCUT2D eigenvalue weighted by Crippen LogP contribution is -2.45. The first-order chi connectivity index (χ1) is 9.52. The molecular weight excluding hydrogens is 290 g/mol. The molecule has 1 atom stereocenters. The van der Waals surface area contributed by atoms with Gasteiger partial charge in [0.1, 0.15) is 0 Å². The summed E-state index contributed by atoms with van der Waals surface area (Å²) in [5.74, 6) is -0.144. The Kier molecular flexibility index (Phi) is 6.03. The molecule has 1 aromatic rings. The quantitative estimate of drug-likeness (QED) is 0.815. The number of carbonyl (C=O) groups excluding carboxylic acids is 2. The summed E-state index contributed by atoms with van der Waals surface area (Å²) in [6.45, 7) is 3.07. The van der Waals surface area contributed by atoms with E-state index in [9.17, 15) is 9.59 Å². The van der Waals surface area contributed by atoms with Gasteiger partial charge in [-0.05, 0) is 37.5 Å². The van der Waals surface area contributed by atoms with Crippen LogP contribution >= 0.6 is 12.4 Å². The summed E-state index contributed by atoms with van der Waals surface area (Å²) in [4.78, 5) is 26.0. The highest BCUT2D eigenvalue weighted by atomic mass is 35.5. The zero-order valence-electron chi connectivity index (χ0n) is 12.4. The average Bonchev–Trinajstić information content (AvgIpc) is 2.48. The normalized spacial score (nSPS) is 17.8. The Morgan fingerprint density at radius 3 is 2.76 bits per heavy atom. The van der Waals surface area contributed by atoms with E-state index in [1.807, 2.05) is 13.0 Å². The zero-order chi connectivity index (χ0) is 14.7. The molecule has 3 N–H and O–H groups in total. The molecule has 0 spiro atoms. The number of carbonyl (C=O) groups is 2. The van der Waals surface area contributed by atoms with Crippen LogP contribution in [0.1, 0.15) is 28.8 Å². The van der Waals surface area contributed by atoms with Crippen LogP contribution in [0.5, 0.6) is 0 Å². The molecule has 21 heavy (non-hydrogen) atoms. The monoisotopic (exact) mass is 311 g/mol. The molecule has 0 aliphatic carbocycles. The molecule has 1 heterocycles. The topological polar surface area (TPSA) is 75.4 Å². The van der Waals surface area contributed by atoms with Crippen LogP contribution in [0.3, 0.4) is 0 Å². The number of halogens is 1. The molecule has 2 amide bonds. The van der Waals surface area contributed by atoms with Gasteiger partial charge < -0.3 is 16.0 Å². The second-order valence-electron chi connectivity index (χ2n) is 5.28. The maximum Gasteiger partial charge on any atom is 0.254 e. The Hall–Kier alpha value is -1.75. The number of hydrogen-bond acceptors (Lipinski definition) is 3. The fourth-order valence-corrected chi connectivity index (χ4v) is 2.62. The third-order valence-electron chi connectivity index (χ3n) is 3.82. The van der Waals surface area contributed by atoms with E-state index in [-0.39, 0.29) is 30.1 Å². The Labute approximate surface area is 131 Å². The zero-order valence-corrected chi connectivity index (χ0v) is 13.2. The summed E-state index contributed by atoms with van der Waals surface area (Å²) in [7, 11) is 1.63. The number of benzene rings is 1. The van der Waals surface area contributed by atoms with Gasteiger partial charge in [0.15, 0.2) is 0 Å². The molecule has 2 rings (SSSR count). The molecule has 1 aliphatic heterocycles. The molecule has 0 radical (unpaired) electrons. The van der Waals surface area contributed by atoms with E-state index in [0.717, 1.165) is 18.4 Å². The summed E-state index contributed by atoms with van der Waals surface area (Å²) in [6.07, 6.45) is 1.69. The summed E-state index contributed by atoms with van der Waals surface area (Å²) >= 11 is 0. The van der Waals surface area contributed by atoms with Crippen LogP contribution in [0.15, 0.2) is 18.2 Å². The van der Waals surface area contributed by atoms with Crippen LogP contribution in [0.2, 0.25) is 0 Å². The van der Waals surface area contributed by atoms with Crippen LogP contribution in [-0.4, -0.2) is 36.9 Å². The Morgan fingerprint density at radius 1 is 1.38 bits per heavy atom. The van der Waals surface area contributed by atoms with Crippen molar-refractivity contribution in [1.29, 1.82) is 0 Å². The van der Waals surface area contributed by atoms with Crippen molar-refractivity contribution < 1.29 is 9.59 Å². The minimum Gasteiger partial charge on any atom is -0.399 e. The van der Waals surface area contributed by atoms with Gasteiger partial charge in [0.05, 0.1) is 5.92 Å². The number of nitrogens with one attached hydrogen (secondary N) is 1. The molecule has 1 saturated heterocycles. The molecule has 0 saturated carbocycles. The van der Waals surface area contributed by atoms with Gasteiger partial charge in [-0.25, -0.2) is 0 Å². The van der Waals surface area contributed by atoms with Crippen molar-refractivity contribution in [3.05, 3.63) is 29.3 Å². The minimum atomic E-state index is -0.112. The van der Waals surface area contributed by atoms with Crippen LogP contribution in [0, 0.1) is 12.8 Å².